The highest BCUT2D eigenvalue weighted by Gasteiger charge is 2.15. The lowest BCUT2D eigenvalue weighted by Crippen LogP contribution is -2.40. The quantitative estimate of drug-likeness (QED) is 0.431. The number of carbonyl (C=O) groups excluding carboxylic acids is 3. The van der Waals surface area contributed by atoms with Gasteiger partial charge in [0, 0.05) is 33.7 Å². The molecule has 0 saturated heterocycles. The molecule has 3 aromatic carbocycles. The topological polar surface area (TPSA) is 99.3 Å². The normalized spacial score (nSPS) is 10.8. The number of nitrogens with one attached hydrogen (secondary N) is 4. The highest BCUT2D eigenvalue weighted by Crippen LogP contribution is 2.16. The number of hydrogen-bond donors (Lipinski definition) is 4. The molecule has 0 saturated carbocycles. The molecule has 7 heteroatoms. The molecule has 33 heavy (non-hydrogen) atoms. The molecule has 0 radical (unpaired) electrons. The molecular weight excluding hydrogens is 416 g/mol. The molecule has 0 fully saturated rings. The second-order valence-corrected chi connectivity index (χ2v) is 8.58. The lowest BCUT2D eigenvalue weighted by molar-refractivity contribution is -0.114. The molecule has 170 valence electrons. The summed E-state index contributed by atoms with van der Waals surface area (Å²) in [7, 11) is 0. The van der Waals surface area contributed by atoms with Crippen molar-refractivity contribution >= 4 is 34.8 Å². The van der Waals surface area contributed by atoms with E-state index in [-0.39, 0.29) is 29.8 Å². The predicted octanol–water partition coefficient (Wildman–Crippen LogP) is 4.52. The minimum Gasteiger partial charge on any atom is -0.376 e. The molecule has 7 nitrogen and oxygen atoms in total. The summed E-state index contributed by atoms with van der Waals surface area (Å²) >= 11 is 0. The highest BCUT2D eigenvalue weighted by molar-refractivity contribution is 6.04. The first-order chi connectivity index (χ1) is 15.7. The zero-order valence-corrected chi connectivity index (χ0v) is 18.9. The van der Waals surface area contributed by atoms with Crippen molar-refractivity contribution in [1.29, 1.82) is 0 Å². The summed E-state index contributed by atoms with van der Waals surface area (Å²) in [6.07, 6.45) is 0. The van der Waals surface area contributed by atoms with Gasteiger partial charge in [0.1, 0.15) is 0 Å². The Hall–Kier alpha value is -4.13. The molecule has 0 aliphatic heterocycles. The summed E-state index contributed by atoms with van der Waals surface area (Å²) in [6, 6.07) is 22.8. The van der Waals surface area contributed by atoms with Crippen LogP contribution in [0.1, 0.15) is 41.5 Å². The summed E-state index contributed by atoms with van der Waals surface area (Å²) in [6.45, 7) is 5.82. The molecule has 0 aromatic heterocycles. The first kappa shape index (κ1) is 23.5. The van der Waals surface area contributed by atoms with Gasteiger partial charge < -0.3 is 21.3 Å². The zero-order chi connectivity index (χ0) is 23.8. The summed E-state index contributed by atoms with van der Waals surface area (Å²) in [5, 5.41) is 11.6. The van der Waals surface area contributed by atoms with Crippen LogP contribution in [0, 0.1) is 0 Å². The lowest BCUT2D eigenvalue weighted by Gasteiger charge is -2.20. The third kappa shape index (κ3) is 7.50. The van der Waals surface area contributed by atoms with E-state index in [4.69, 9.17) is 0 Å². The average Bonchev–Trinajstić information content (AvgIpc) is 2.78. The van der Waals surface area contributed by atoms with Crippen LogP contribution in [0.4, 0.5) is 17.1 Å². The van der Waals surface area contributed by atoms with Gasteiger partial charge in [-0.15, -0.1) is 0 Å². The Morgan fingerprint density at radius 2 is 1.27 bits per heavy atom. The van der Waals surface area contributed by atoms with Crippen LogP contribution < -0.4 is 21.3 Å². The molecule has 0 aliphatic rings. The molecule has 3 aromatic rings. The first-order valence-electron chi connectivity index (χ1n) is 10.6. The molecule has 0 spiro atoms. The molecule has 0 atom stereocenters. The molecular formula is C26H28N4O3. The molecule has 0 unspecified atom stereocenters. The van der Waals surface area contributed by atoms with E-state index in [1.807, 2.05) is 26.8 Å². The van der Waals surface area contributed by atoms with E-state index in [9.17, 15) is 14.4 Å². The maximum atomic E-state index is 12.3. The van der Waals surface area contributed by atoms with Gasteiger partial charge >= 0.3 is 0 Å². The zero-order valence-electron chi connectivity index (χ0n) is 18.9. The fraction of sp³-hybridized carbons (Fsp3) is 0.192. The predicted molar refractivity (Wildman–Crippen MR) is 132 cm³/mol. The van der Waals surface area contributed by atoms with E-state index in [1.54, 1.807) is 72.8 Å². The standard InChI is InChI=1S/C26H28N4O3/c1-26(2,3)30-25(33)19-12-14-20(15-13-19)27-17-23(31)28-21-10-7-11-22(16-21)29-24(32)18-8-5-4-6-9-18/h4-16,27H,17H2,1-3H3,(H,28,31)(H,29,32)(H,30,33). The summed E-state index contributed by atoms with van der Waals surface area (Å²) < 4.78 is 0. The molecule has 3 amide bonds. The summed E-state index contributed by atoms with van der Waals surface area (Å²) in [5.41, 5.74) is 2.67. The maximum Gasteiger partial charge on any atom is 0.255 e. The maximum absolute atomic E-state index is 12.3. The number of hydrogen-bond acceptors (Lipinski definition) is 4. The summed E-state index contributed by atoms with van der Waals surface area (Å²) in [5.74, 6) is -0.609. The minimum atomic E-state index is -0.312. The van der Waals surface area contributed by atoms with Crippen LogP contribution in [0.5, 0.6) is 0 Å². The minimum absolute atomic E-state index is 0.0497. The fourth-order valence-electron chi connectivity index (χ4n) is 3.01. The fourth-order valence-corrected chi connectivity index (χ4v) is 3.01. The lowest BCUT2D eigenvalue weighted by atomic mass is 10.1. The van der Waals surface area contributed by atoms with Gasteiger partial charge in [-0.25, -0.2) is 0 Å². The van der Waals surface area contributed by atoms with Crippen LogP contribution in [-0.4, -0.2) is 29.8 Å². The molecule has 0 bridgehead atoms. The second kappa shape index (κ2) is 10.5. The van der Waals surface area contributed by atoms with Gasteiger partial charge in [-0.1, -0.05) is 24.3 Å². The van der Waals surface area contributed by atoms with Gasteiger partial charge in [0.05, 0.1) is 6.54 Å². The van der Waals surface area contributed by atoms with Crippen LogP contribution >= 0.6 is 0 Å². The van der Waals surface area contributed by atoms with Crippen LogP contribution in [-0.2, 0) is 4.79 Å². The SMILES string of the molecule is CC(C)(C)NC(=O)c1ccc(NCC(=O)Nc2cccc(NC(=O)c3ccccc3)c2)cc1. The Morgan fingerprint density at radius 1 is 0.667 bits per heavy atom. The van der Waals surface area contributed by atoms with Gasteiger partial charge in [0.25, 0.3) is 11.8 Å². The summed E-state index contributed by atoms with van der Waals surface area (Å²) in [4.78, 5) is 36.8. The number of amides is 3. The molecule has 0 heterocycles. The van der Waals surface area contributed by atoms with Crippen molar-refractivity contribution in [3.63, 3.8) is 0 Å². The molecule has 3 rings (SSSR count). The van der Waals surface area contributed by atoms with Crippen LogP contribution in [0.15, 0.2) is 78.9 Å². The van der Waals surface area contributed by atoms with E-state index in [1.165, 1.54) is 0 Å². The first-order valence-corrected chi connectivity index (χ1v) is 10.6. The van der Waals surface area contributed by atoms with Gasteiger partial charge in [0.15, 0.2) is 0 Å². The Morgan fingerprint density at radius 3 is 1.91 bits per heavy atom. The number of benzene rings is 3. The van der Waals surface area contributed by atoms with Crippen molar-refractivity contribution in [3.05, 3.63) is 90.0 Å². The monoisotopic (exact) mass is 444 g/mol. The van der Waals surface area contributed by atoms with Crippen LogP contribution in [0.3, 0.4) is 0 Å². The van der Waals surface area contributed by atoms with E-state index in [2.05, 4.69) is 21.3 Å². The van der Waals surface area contributed by atoms with Gasteiger partial charge in [-0.2, -0.15) is 0 Å². The second-order valence-electron chi connectivity index (χ2n) is 8.58. The highest BCUT2D eigenvalue weighted by atomic mass is 16.2. The van der Waals surface area contributed by atoms with Crippen molar-refractivity contribution in [2.24, 2.45) is 0 Å². The van der Waals surface area contributed by atoms with Crippen LogP contribution in [0.25, 0.3) is 0 Å². The number of anilines is 3. The molecule has 4 N–H and O–H groups in total. The number of rotatable bonds is 7. The largest absolute Gasteiger partial charge is 0.376 e. The Bertz CT molecular complexity index is 1120. The Balaban J connectivity index is 1.51. The van der Waals surface area contributed by atoms with Crippen molar-refractivity contribution in [3.8, 4) is 0 Å². The van der Waals surface area contributed by atoms with Gasteiger partial charge in [-0.05, 0) is 75.4 Å². The van der Waals surface area contributed by atoms with E-state index < -0.39 is 0 Å². The van der Waals surface area contributed by atoms with E-state index in [0.29, 0.717) is 22.5 Å². The van der Waals surface area contributed by atoms with Crippen molar-refractivity contribution < 1.29 is 14.4 Å². The van der Waals surface area contributed by atoms with Crippen molar-refractivity contribution in [2.45, 2.75) is 26.3 Å². The van der Waals surface area contributed by atoms with E-state index >= 15 is 0 Å². The Kier molecular flexibility index (Phi) is 7.46. The average molecular weight is 445 g/mol. The van der Waals surface area contributed by atoms with Crippen molar-refractivity contribution in [1.82, 2.24) is 5.32 Å². The van der Waals surface area contributed by atoms with E-state index in [0.717, 1.165) is 5.69 Å². The third-order valence-electron chi connectivity index (χ3n) is 4.53. The molecule has 0 aliphatic carbocycles. The van der Waals surface area contributed by atoms with Gasteiger partial charge in [-0.3, -0.25) is 14.4 Å². The van der Waals surface area contributed by atoms with Gasteiger partial charge in [0.2, 0.25) is 5.91 Å². The number of carbonyl (C=O) groups is 3. The third-order valence-corrected chi connectivity index (χ3v) is 4.53. The van der Waals surface area contributed by atoms with Crippen LogP contribution in [0.2, 0.25) is 0 Å². The smallest absolute Gasteiger partial charge is 0.255 e. The Labute approximate surface area is 193 Å². The van der Waals surface area contributed by atoms with Crippen molar-refractivity contribution in [2.75, 3.05) is 22.5 Å².